The zero-order chi connectivity index (χ0) is 14.5. The van der Waals surface area contributed by atoms with Crippen LogP contribution in [0.3, 0.4) is 0 Å². The molecule has 1 aliphatic rings. The molecule has 1 aromatic rings. The molecule has 1 heterocycles. The van der Waals surface area contributed by atoms with Crippen LogP contribution in [0.15, 0.2) is 18.2 Å². The van der Waals surface area contributed by atoms with E-state index in [2.05, 4.69) is 6.92 Å². The van der Waals surface area contributed by atoms with E-state index in [4.69, 9.17) is 10.5 Å². The molecule has 0 bridgehead atoms. The van der Waals surface area contributed by atoms with E-state index >= 15 is 0 Å². The van der Waals surface area contributed by atoms with Crippen molar-refractivity contribution >= 4 is 5.91 Å². The fourth-order valence-corrected chi connectivity index (χ4v) is 2.90. The fourth-order valence-electron chi connectivity index (χ4n) is 2.90. The van der Waals surface area contributed by atoms with Crippen LogP contribution in [0.5, 0.6) is 5.75 Å². The van der Waals surface area contributed by atoms with Gasteiger partial charge in [0.2, 0.25) is 5.91 Å². The molecule has 110 valence electrons. The van der Waals surface area contributed by atoms with E-state index in [1.165, 1.54) is 0 Å². The van der Waals surface area contributed by atoms with E-state index in [-0.39, 0.29) is 5.91 Å². The summed E-state index contributed by atoms with van der Waals surface area (Å²) in [5, 5.41) is 0. The minimum atomic E-state index is 0.253. The molecule has 1 saturated heterocycles. The van der Waals surface area contributed by atoms with Gasteiger partial charge < -0.3 is 15.4 Å². The van der Waals surface area contributed by atoms with E-state index in [1.807, 2.05) is 23.1 Å². The van der Waals surface area contributed by atoms with Crippen molar-refractivity contribution in [2.24, 2.45) is 11.7 Å². The van der Waals surface area contributed by atoms with Crippen LogP contribution in [0.4, 0.5) is 0 Å². The molecule has 1 aromatic carbocycles. The number of hydrogen-bond acceptors (Lipinski definition) is 3. The van der Waals surface area contributed by atoms with Gasteiger partial charge in [-0.3, -0.25) is 4.79 Å². The average molecular weight is 276 g/mol. The monoisotopic (exact) mass is 276 g/mol. The van der Waals surface area contributed by atoms with Gasteiger partial charge in [0.1, 0.15) is 5.75 Å². The molecule has 4 nitrogen and oxygen atoms in total. The van der Waals surface area contributed by atoms with Crippen molar-refractivity contribution in [3.8, 4) is 5.75 Å². The first kappa shape index (κ1) is 14.9. The molecule has 0 aromatic heterocycles. The number of carbonyl (C=O) groups excluding carboxylic acids is 1. The van der Waals surface area contributed by atoms with Gasteiger partial charge in [-0.25, -0.2) is 0 Å². The highest BCUT2D eigenvalue weighted by Gasteiger charge is 2.29. The van der Waals surface area contributed by atoms with Gasteiger partial charge in [-0.1, -0.05) is 19.4 Å². The van der Waals surface area contributed by atoms with Crippen LogP contribution in [0.25, 0.3) is 0 Å². The lowest BCUT2D eigenvalue weighted by Gasteiger charge is -2.19. The largest absolute Gasteiger partial charge is 0.496 e. The van der Waals surface area contributed by atoms with Crippen molar-refractivity contribution in [3.05, 3.63) is 29.3 Å². The number of nitrogens with zero attached hydrogens (tertiary/aromatic N) is 1. The smallest absolute Gasteiger partial charge is 0.223 e. The molecule has 2 N–H and O–H groups in total. The normalized spacial score (nSPS) is 18.6. The number of ether oxygens (including phenoxy) is 1. The third kappa shape index (κ3) is 3.31. The molecule has 1 fully saturated rings. The summed E-state index contributed by atoms with van der Waals surface area (Å²) in [5.41, 5.74) is 7.80. The molecule has 1 atom stereocenters. The molecule has 1 amide bonds. The molecular formula is C16H24N2O2. The van der Waals surface area contributed by atoms with Crippen molar-refractivity contribution < 1.29 is 9.53 Å². The molecule has 0 spiro atoms. The minimum Gasteiger partial charge on any atom is -0.496 e. The quantitative estimate of drug-likeness (QED) is 0.867. The van der Waals surface area contributed by atoms with E-state index in [0.29, 0.717) is 25.4 Å². The van der Waals surface area contributed by atoms with Crippen molar-refractivity contribution in [2.75, 3.05) is 13.7 Å². The molecule has 2 rings (SSSR count). The third-order valence-electron chi connectivity index (χ3n) is 3.93. The second kappa shape index (κ2) is 6.75. The number of likely N-dealkylation sites (tertiary alicyclic amines) is 1. The van der Waals surface area contributed by atoms with Crippen molar-refractivity contribution in [1.82, 2.24) is 4.90 Å². The lowest BCUT2D eigenvalue weighted by molar-refractivity contribution is -0.128. The number of methoxy groups -OCH3 is 1. The van der Waals surface area contributed by atoms with Gasteiger partial charge in [0.05, 0.1) is 7.11 Å². The highest BCUT2D eigenvalue weighted by Crippen LogP contribution is 2.27. The van der Waals surface area contributed by atoms with Gasteiger partial charge in [0.25, 0.3) is 0 Å². The first-order valence-electron chi connectivity index (χ1n) is 7.31. The lowest BCUT2D eigenvalue weighted by atomic mass is 10.0. The number of hydrogen-bond donors (Lipinski definition) is 1. The van der Waals surface area contributed by atoms with Gasteiger partial charge >= 0.3 is 0 Å². The summed E-state index contributed by atoms with van der Waals surface area (Å²) in [6.07, 6.45) is 2.95. The van der Waals surface area contributed by atoms with Crippen LogP contribution < -0.4 is 10.5 Å². The summed E-state index contributed by atoms with van der Waals surface area (Å²) in [7, 11) is 1.66. The maximum atomic E-state index is 12.1. The van der Waals surface area contributed by atoms with Gasteiger partial charge in [-0.15, -0.1) is 0 Å². The van der Waals surface area contributed by atoms with Gasteiger partial charge in [-0.05, 0) is 30.0 Å². The molecule has 1 unspecified atom stereocenters. The average Bonchev–Trinajstić information content (AvgIpc) is 2.79. The summed E-state index contributed by atoms with van der Waals surface area (Å²) >= 11 is 0. The summed E-state index contributed by atoms with van der Waals surface area (Å²) in [5.74, 6) is 1.59. The topological polar surface area (TPSA) is 55.6 Å². The zero-order valence-corrected chi connectivity index (χ0v) is 12.4. The predicted octanol–water partition coefficient (Wildman–Crippen LogP) is 2.30. The standard InChI is InChI=1S/C16H24N2O2/c1-3-4-13-8-16(19)18(10-13)11-14-7-12(9-17)5-6-15(14)20-2/h5-7,13H,3-4,8-11,17H2,1-2H3. The van der Waals surface area contributed by atoms with Crippen LogP contribution in [0, 0.1) is 5.92 Å². The second-order valence-corrected chi connectivity index (χ2v) is 5.48. The molecule has 0 aliphatic carbocycles. The third-order valence-corrected chi connectivity index (χ3v) is 3.93. The molecular weight excluding hydrogens is 252 g/mol. The van der Waals surface area contributed by atoms with E-state index in [9.17, 15) is 4.79 Å². The van der Waals surface area contributed by atoms with Crippen LogP contribution in [0.1, 0.15) is 37.3 Å². The predicted molar refractivity (Wildman–Crippen MR) is 79.3 cm³/mol. The molecule has 0 radical (unpaired) electrons. The minimum absolute atomic E-state index is 0.253. The number of amides is 1. The summed E-state index contributed by atoms with van der Waals surface area (Å²) in [4.78, 5) is 14.0. The number of nitrogens with two attached hydrogens (primary N) is 1. The Hall–Kier alpha value is -1.55. The Morgan fingerprint density at radius 1 is 1.45 bits per heavy atom. The van der Waals surface area contributed by atoms with Crippen molar-refractivity contribution in [3.63, 3.8) is 0 Å². The van der Waals surface area contributed by atoms with Gasteiger partial charge in [0.15, 0.2) is 0 Å². The Bertz CT molecular complexity index is 474. The van der Waals surface area contributed by atoms with Crippen molar-refractivity contribution in [1.29, 1.82) is 0 Å². The Morgan fingerprint density at radius 3 is 2.90 bits per heavy atom. The van der Waals surface area contributed by atoms with E-state index in [0.717, 1.165) is 36.3 Å². The summed E-state index contributed by atoms with van der Waals surface area (Å²) in [6.45, 7) is 4.16. The van der Waals surface area contributed by atoms with Crippen molar-refractivity contribution in [2.45, 2.75) is 39.3 Å². The Labute approximate surface area is 120 Å². The molecule has 20 heavy (non-hydrogen) atoms. The van der Waals surface area contributed by atoms with E-state index in [1.54, 1.807) is 7.11 Å². The van der Waals surface area contributed by atoms with E-state index < -0.39 is 0 Å². The Kier molecular flexibility index (Phi) is 5.01. The molecule has 0 saturated carbocycles. The second-order valence-electron chi connectivity index (χ2n) is 5.48. The Morgan fingerprint density at radius 2 is 2.25 bits per heavy atom. The fraction of sp³-hybridized carbons (Fsp3) is 0.562. The first-order valence-corrected chi connectivity index (χ1v) is 7.31. The highest BCUT2D eigenvalue weighted by atomic mass is 16.5. The lowest BCUT2D eigenvalue weighted by Crippen LogP contribution is -2.25. The highest BCUT2D eigenvalue weighted by molar-refractivity contribution is 5.78. The number of rotatable bonds is 6. The van der Waals surface area contributed by atoms with Crippen LogP contribution in [-0.2, 0) is 17.9 Å². The number of benzene rings is 1. The SMILES string of the molecule is CCCC1CC(=O)N(Cc2cc(CN)ccc2OC)C1. The van der Waals surface area contributed by atoms with Gasteiger partial charge in [-0.2, -0.15) is 0 Å². The number of carbonyl (C=O) groups is 1. The first-order chi connectivity index (χ1) is 9.67. The maximum Gasteiger partial charge on any atom is 0.223 e. The maximum absolute atomic E-state index is 12.1. The zero-order valence-electron chi connectivity index (χ0n) is 12.4. The molecule has 4 heteroatoms. The van der Waals surface area contributed by atoms with Crippen LogP contribution in [0.2, 0.25) is 0 Å². The van der Waals surface area contributed by atoms with Gasteiger partial charge in [0, 0.05) is 31.6 Å². The van der Waals surface area contributed by atoms with Crippen LogP contribution in [-0.4, -0.2) is 24.5 Å². The van der Waals surface area contributed by atoms with Crippen LogP contribution >= 0.6 is 0 Å². The summed E-state index contributed by atoms with van der Waals surface area (Å²) in [6, 6.07) is 5.94. The summed E-state index contributed by atoms with van der Waals surface area (Å²) < 4.78 is 5.39. The Balaban J connectivity index is 2.11. The molecule has 1 aliphatic heterocycles.